The van der Waals surface area contributed by atoms with Crippen molar-refractivity contribution < 1.29 is 13.5 Å². The number of rotatable bonds is 3. The molecule has 0 saturated carbocycles. The minimum atomic E-state index is -2.76. The molecule has 13 heavy (non-hydrogen) atoms. The van der Waals surface area contributed by atoms with Crippen molar-refractivity contribution >= 4 is 15.9 Å². The Morgan fingerprint density at radius 1 is 1.38 bits per heavy atom. The van der Waals surface area contributed by atoms with E-state index in [-0.39, 0.29) is 10.6 Å². The van der Waals surface area contributed by atoms with Gasteiger partial charge in [-0.25, -0.2) is 0 Å². The van der Waals surface area contributed by atoms with Crippen LogP contribution in [0.15, 0.2) is 24.3 Å². The van der Waals surface area contributed by atoms with Gasteiger partial charge >= 0.3 is 6.61 Å². The van der Waals surface area contributed by atoms with Crippen LogP contribution in [0.2, 0.25) is 0 Å². The zero-order valence-electron chi connectivity index (χ0n) is 7.01. The predicted molar refractivity (Wildman–Crippen MR) is 50.4 cm³/mol. The summed E-state index contributed by atoms with van der Waals surface area (Å²) in [6.45, 7) is -0.845. The number of hydrogen-bond acceptors (Lipinski definition) is 1. The first-order valence-electron chi connectivity index (χ1n) is 3.78. The summed E-state index contributed by atoms with van der Waals surface area (Å²) in [6.07, 6.45) is 0. The molecule has 72 valence electrons. The van der Waals surface area contributed by atoms with Gasteiger partial charge < -0.3 is 4.74 Å². The van der Waals surface area contributed by atoms with Crippen LogP contribution in [0.1, 0.15) is 17.3 Å². The molecule has 1 aromatic rings. The van der Waals surface area contributed by atoms with Crippen LogP contribution in [0.25, 0.3) is 0 Å². The van der Waals surface area contributed by atoms with Crippen LogP contribution in [0.3, 0.4) is 0 Å². The maximum atomic E-state index is 11.8. The lowest BCUT2D eigenvalue weighted by molar-refractivity contribution is -0.0498. The number of halogens is 3. The van der Waals surface area contributed by atoms with Crippen molar-refractivity contribution in [3.8, 4) is 5.75 Å². The largest absolute Gasteiger partial charge is 0.435 e. The Kier molecular flexibility index (Phi) is 3.66. The summed E-state index contributed by atoms with van der Waals surface area (Å²) in [7, 11) is 0. The first-order chi connectivity index (χ1) is 6.09. The second kappa shape index (κ2) is 4.56. The summed E-state index contributed by atoms with van der Waals surface area (Å²) in [5.41, 5.74) is 0.915. The summed E-state index contributed by atoms with van der Waals surface area (Å²) in [4.78, 5) is 0.133. The van der Waals surface area contributed by atoms with E-state index in [0.29, 0.717) is 0 Å². The first-order valence-corrected chi connectivity index (χ1v) is 4.70. The molecule has 0 spiro atoms. The molecule has 0 fully saturated rings. The van der Waals surface area contributed by atoms with E-state index < -0.39 is 6.61 Å². The highest BCUT2D eigenvalue weighted by Gasteiger charge is 2.06. The molecule has 1 atom stereocenters. The van der Waals surface area contributed by atoms with Crippen LogP contribution in [0.4, 0.5) is 8.78 Å². The normalized spacial score (nSPS) is 13.0. The Bertz CT molecular complexity index is 276. The molecule has 0 bridgehead atoms. The summed E-state index contributed by atoms with van der Waals surface area (Å²) in [5.74, 6) is 0.193. The van der Waals surface area contributed by atoms with Crippen molar-refractivity contribution in [2.45, 2.75) is 18.4 Å². The standard InChI is InChI=1S/C9H9BrF2O/c1-6(10)7-3-2-4-8(5-7)13-9(11)12/h2-6,9H,1H3. The maximum Gasteiger partial charge on any atom is 0.387 e. The molecule has 1 nitrogen and oxygen atoms in total. The third kappa shape index (κ3) is 3.30. The van der Waals surface area contributed by atoms with Crippen LogP contribution in [0, 0.1) is 0 Å². The van der Waals surface area contributed by atoms with E-state index in [1.165, 1.54) is 6.07 Å². The fourth-order valence-corrected chi connectivity index (χ4v) is 1.22. The molecule has 0 aliphatic carbocycles. The SMILES string of the molecule is CC(Br)c1cccc(OC(F)F)c1. The van der Waals surface area contributed by atoms with E-state index in [0.717, 1.165) is 5.56 Å². The van der Waals surface area contributed by atoms with Gasteiger partial charge in [0.2, 0.25) is 0 Å². The molecule has 1 aromatic carbocycles. The van der Waals surface area contributed by atoms with Crippen LogP contribution in [0.5, 0.6) is 5.75 Å². The Hall–Kier alpha value is -0.640. The highest BCUT2D eigenvalue weighted by molar-refractivity contribution is 9.09. The molecule has 0 amide bonds. The second-order valence-electron chi connectivity index (χ2n) is 2.57. The fraction of sp³-hybridized carbons (Fsp3) is 0.333. The van der Waals surface area contributed by atoms with Crippen molar-refractivity contribution in [3.05, 3.63) is 29.8 Å². The van der Waals surface area contributed by atoms with Gasteiger partial charge in [-0.15, -0.1) is 0 Å². The molecular formula is C9H9BrF2O. The molecule has 1 unspecified atom stereocenters. The van der Waals surface area contributed by atoms with Crippen molar-refractivity contribution in [1.82, 2.24) is 0 Å². The maximum absolute atomic E-state index is 11.8. The molecule has 0 N–H and O–H groups in total. The predicted octanol–water partition coefficient (Wildman–Crippen LogP) is 3.74. The molecule has 0 aliphatic heterocycles. The van der Waals surface area contributed by atoms with E-state index >= 15 is 0 Å². The van der Waals surface area contributed by atoms with Crippen molar-refractivity contribution in [2.75, 3.05) is 0 Å². The molecule has 0 radical (unpaired) electrons. The number of hydrogen-bond donors (Lipinski definition) is 0. The van der Waals surface area contributed by atoms with Gasteiger partial charge in [-0.3, -0.25) is 0 Å². The third-order valence-corrected chi connectivity index (χ3v) is 2.07. The van der Waals surface area contributed by atoms with Gasteiger partial charge in [-0.1, -0.05) is 28.1 Å². The minimum absolute atomic E-state index is 0.133. The van der Waals surface area contributed by atoms with Crippen LogP contribution < -0.4 is 4.74 Å². The minimum Gasteiger partial charge on any atom is -0.435 e. The number of ether oxygens (including phenoxy) is 1. The van der Waals surface area contributed by atoms with E-state index in [1.807, 2.05) is 13.0 Å². The lowest BCUT2D eigenvalue weighted by Gasteiger charge is -2.07. The molecule has 0 aromatic heterocycles. The Morgan fingerprint density at radius 3 is 2.62 bits per heavy atom. The van der Waals surface area contributed by atoms with Gasteiger partial charge in [0.15, 0.2) is 0 Å². The lowest BCUT2D eigenvalue weighted by atomic mass is 10.2. The smallest absolute Gasteiger partial charge is 0.387 e. The van der Waals surface area contributed by atoms with Gasteiger partial charge in [-0.2, -0.15) is 8.78 Å². The highest BCUT2D eigenvalue weighted by atomic mass is 79.9. The van der Waals surface area contributed by atoms with Gasteiger partial charge in [0.25, 0.3) is 0 Å². The molecular weight excluding hydrogens is 242 g/mol. The third-order valence-electron chi connectivity index (χ3n) is 1.54. The second-order valence-corrected chi connectivity index (χ2v) is 3.94. The first kappa shape index (κ1) is 10.4. The van der Waals surface area contributed by atoms with Crippen molar-refractivity contribution in [1.29, 1.82) is 0 Å². The summed E-state index contributed by atoms with van der Waals surface area (Å²) >= 11 is 3.34. The Labute approximate surface area is 83.8 Å². The summed E-state index contributed by atoms with van der Waals surface area (Å²) in [5, 5.41) is 0. The molecule has 0 aliphatic rings. The van der Waals surface area contributed by atoms with Gasteiger partial charge in [0.05, 0.1) is 0 Å². The van der Waals surface area contributed by atoms with Gasteiger partial charge in [0, 0.05) is 4.83 Å². The van der Waals surface area contributed by atoms with E-state index in [1.54, 1.807) is 12.1 Å². The molecule has 1 rings (SSSR count). The van der Waals surface area contributed by atoms with E-state index in [4.69, 9.17) is 0 Å². The van der Waals surface area contributed by atoms with Gasteiger partial charge in [0.1, 0.15) is 5.75 Å². The van der Waals surface area contributed by atoms with E-state index in [9.17, 15) is 8.78 Å². The van der Waals surface area contributed by atoms with Gasteiger partial charge in [-0.05, 0) is 24.6 Å². The average molecular weight is 251 g/mol. The highest BCUT2D eigenvalue weighted by Crippen LogP contribution is 2.25. The topological polar surface area (TPSA) is 9.23 Å². The average Bonchev–Trinajstić information content (AvgIpc) is 2.03. The zero-order valence-corrected chi connectivity index (χ0v) is 8.59. The molecule has 4 heteroatoms. The molecule has 0 heterocycles. The molecule has 0 saturated heterocycles. The quantitative estimate of drug-likeness (QED) is 0.743. The number of alkyl halides is 3. The van der Waals surface area contributed by atoms with Crippen molar-refractivity contribution in [2.24, 2.45) is 0 Å². The Morgan fingerprint density at radius 2 is 2.08 bits per heavy atom. The van der Waals surface area contributed by atoms with Crippen LogP contribution >= 0.6 is 15.9 Å². The Balaban J connectivity index is 2.79. The zero-order chi connectivity index (χ0) is 9.84. The summed E-state index contributed by atoms with van der Waals surface area (Å²) in [6, 6.07) is 6.62. The lowest BCUT2D eigenvalue weighted by Crippen LogP contribution is -2.02. The monoisotopic (exact) mass is 250 g/mol. The van der Waals surface area contributed by atoms with E-state index in [2.05, 4.69) is 20.7 Å². The summed E-state index contributed by atoms with van der Waals surface area (Å²) < 4.78 is 27.9. The fourth-order valence-electron chi connectivity index (χ4n) is 0.938. The number of benzene rings is 1. The van der Waals surface area contributed by atoms with Crippen LogP contribution in [-0.2, 0) is 0 Å². The van der Waals surface area contributed by atoms with Crippen LogP contribution in [-0.4, -0.2) is 6.61 Å². The van der Waals surface area contributed by atoms with Crippen molar-refractivity contribution in [3.63, 3.8) is 0 Å².